The van der Waals surface area contributed by atoms with Crippen molar-refractivity contribution in [3.8, 4) is 0 Å². The third-order valence-corrected chi connectivity index (χ3v) is 6.16. The molecule has 1 amide bonds. The number of carbonyl (C=O) groups excluding carboxylic acids is 1. The second-order valence-electron chi connectivity index (χ2n) is 8.12. The largest absolute Gasteiger partial charge is 0.480 e. The zero-order valence-corrected chi connectivity index (χ0v) is 20.6. The molecule has 1 atom stereocenters. The van der Waals surface area contributed by atoms with Gasteiger partial charge in [0.05, 0.1) is 15.7 Å². The van der Waals surface area contributed by atoms with E-state index in [9.17, 15) is 24.3 Å². The first-order valence-corrected chi connectivity index (χ1v) is 11.8. The fourth-order valence-electron chi connectivity index (χ4n) is 3.60. The van der Waals surface area contributed by atoms with Gasteiger partial charge in [-0.1, -0.05) is 65.7 Å². The zero-order valence-electron chi connectivity index (χ0n) is 19.1. The Morgan fingerprint density at radius 2 is 1.46 bits per heavy atom. The maximum atomic E-state index is 12.6. The fraction of sp³-hybridized carbons (Fsp3) is 0.115. The quantitative estimate of drug-likeness (QED) is 0.222. The van der Waals surface area contributed by atoms with E-state index in [1.807, 2.05) is 30.3 Å². The molecule has 4 aromatic rings. The Labute approximate surface area is 220 Å². The Kier molecular flexibility index (Phi) is 7.86. The van der Waals surface area contributed by atoms with Crippen LogP contribution in [0.2, 0.25) is 10.0 Å². The Morgan fingerprint density at radius 3 is 2.08 bits per heavy atom. The van der Waals surface area contributed by atoms with Crippen LogP contribution in [0.1, 0.15) is 21.5 Å². The van der Waals surface area contributed by atoms with Crippen molar-refractivity contribution in [1.29, 1.82) is 0 Å². The topological polar surface area (TPSA) is 137 Å². The van der Waals surface area contributed by atoms with Crippen molar-refractivity contribution in [1.82, 2.24) is 4.98 Å². The highest BCUT2D eigenvalue weighted by atomic mass is 35.5. The number of hydrogen-bond donors (Lipinski definition) is 4. The SMILES string of the molecule is O=C(Nc1c(Cl)cncc1Cl)c1ccc(C[C@H](Nc2c(NCc3ccccc3)c(=O)c2=O)C(=O)O)cc1. The predicted octanol–water partition coefficient (Wildman–Crippen LogP) is 3.96. The van der Waals surface area contributed by atoms with Gasteiger partial charge in [0.1, 0.15) is 17.4 Å². The molecule has 1 aromatic heterocycles. The van der Waals surface area contributed by atoms with Gasteiger partial charge in [-0.25, -0.2) is 4.79 Å². The molecule has 0 radical (unpaired) electrons. The fourth-order valence-corrected chi connectivity index (χ4v) is 4.06. The van der Waals surface area contributed by atoms with Crippen molar-refractivity contribution in [2.24, 2.45) is 0 Å². The highest BCUT2D eigenvalue weighted by Gasteiger charge is 2.26. The van der Waals surface area contributed by atoms with Crippen LogP contribution >= 0.6 is 23.2 Å². The van der Waals surface area contributed by atoms with Crippen molar-refractivity contribution >= 4 is 52.1 Å². The maximum absolute atomic E-state index is 12.6. The van der Waals surface area contributed by atoms with E-state index < -0.39 is 28.8 Å². The summed E-state index contributed by atoms with van der Waals surface area (Å²) < 4.78 is 0. The first kappa shape index (κ1) is 25.9. The van der Waals surface area contributed by atoms with Gasteiger partial charge in [0.15, 0.2) is 0 Å². The summed E-state index contributed by atoms with van der Waals surface area (Å²) in [7, 11) is 0. The summed E-state index contributed by atoms with van der Waals surface area (Å²) in [5.41, 5.74) is 0.531. The lowest BCUT2D eigenvalue weighted by molar-refractivity contribution is -0.137. The second-order valence-corrected chi connectivity index (χ2v) is 8.93. The molecule has 4 N–H and O–H groups in total. The van der Waals surface area contributed by atoms with Crippen molar-refractivity contribution < 1.29 is 14.7 Å². The molecule has 9 nitrogen and oxygen atoms in total. The molecule has 0 saturated carbocycles. The lowest BCUT2D eigenvalue weighted by Crippen LogP contribution is -2.42. The van der Waals surface area contributed by atoms with Crippen molar-refractivity contribution in [2.75, 3.05) is 16.0 Å². The Bertz CT molecular complexity index is 1500. The normalized spacial score (nSPS) is 11.6. The van der Waals surface area contributed by atoms with E-state index in [2.05, 4.69) is 20.9 Å². The summed E-state index contributed by atoms with van der Waals surface area (Å²) in [6, 6.07) is 14.3. The number of carbonyl (C=O) groups is 2. The maximum Gasteiger partial charge on any atom is 0.326 e. The number of nitrogens with zero attached hydrogens (tertiary/aromatic N) is 1. The van der Waals surface area contributed by atoms with E-state index in [1.54, 1.807) is 12.1 Å². The summed E-state index contributed by atoms with van der Waals surface area (Å²) in [5.74, 6) is -1.67. The molecule has 37 heavy (non-hydrogen) atoms. The number of carboxylic acids is 1. The standard InChI is InChI=1S/C26H20Cl2N4O5/c27-17-12-29-13-18(28)20(17)32-25(35)16-8-6-14(7-9-16)10-19(26(36)37)31-22-21(23(33)24(22)34)30-11-15-4-2-1-3-5-15/h1-9,12-13,19,30-31H,10-11H2,(H,36,37)(H,29,32,35)/t19-/m0/s1. The summed E-state index contributed by atoms with van der Waals surface area (Å²) >= 11 is 12.1. The summed E-state index contributed by atoms with van der Waals surface area (Å²) in [6.07, 6.45) is 2.70. The number of rotatable bonds is 10. The molecule has 11 heteroatoms. The third-order valence-electron chi connectivity index (χ3n) is 5.59. The van der Waals surface area contributed by atoms with E-state index in [1.165, 1.54) is 24.5 Å². The minimum Gasteiger partial charge on any atom is -0.480 e. The van der Waals surface area contributed by atoms with Gasteiger partial charge >= 0.3 is 5.97 Å². The van der Waals surface area contributed by atoms with Crippen LogP contribution in [-0.2, 0) is 17.8 Å². The number of amides is 1. The van der Waals surface area contributed by atoms with Gasteiger partial charge in [-0.2, -0.15) is 0 Å². The smallest absolute Gasteiger partial charge is 0.326 e. The number of halogens is 2. The molecule has 0 aliphatic rings. The Hall–Kier alpha value is -4.21. The molecule has 0 aliphatic carbocycles. The van der Waals surface area contributed by atoms with E-state index >= 15 is 0 Å². The molecule has 1 heterocycles. The molecule has 0 saturated heterocycles. The van der Waals surface area contributed by atoms with Gasteiger partial charge < -0.3 is 21.1 Å². The van der Waals surface area contributed by atoms with Gasteiger partial charge in [-0.15, -0.1) is 0 Å². The minimum absolute atomic E-state index is 0.00379. The zero-order chi connectivity index (χ0) is 26.5. The van der Waals surface area contributed by atoms with Crippen LogP contribution in [0.25, 0.3) is 0 Å². The number of pyridine rings is 1. The summed E-state index contributed by atoms with van der Waals surface area (Å²) in [5, 5.41) is 18.3. The van der Waals surface area contributed by atoms with Crippen LogP contribution in [-0.4, -0.2) is 28.0 Å². The van der Waals surface area contributed by atoms with Gasteiger partial charge in [-0.3, -0.25) is 19.4 Å². The summed E-state index contributed by atoms with van der Waals surface area (Å²) in [6.45, 7) is 0.303. The van der Waals surface area contributed by atoms with Gasteiger partial charge in [0.2, 0.25) is 0 Å². The molecule has 0 aliphatic heterocycles. The van der Waals surface area contributed by atoms with Crippen LogP contribution < -0.4 is 26.8 Å². The number of aliphatic carboxylic acids is 1. The molecule has 0 fully saturated rings. The van der Waals surface area contributed by atoms with E-state index in [0.717, 1.165) is 5.56 Å². The van der Waals surface area contributed by atoms with Crippen molar-refractivity contribution in [2.45, 2.75) is 19.0 Å². The van der Waals surface area contributed by atoms with E-state index in [4.69, 9.17) is 23.2 Å². The summed E-state index contributed by atoms with van der Waals surface area (Å²) in [4.78, 5) is 52.5. The Balaban J connectivity index is 1.43. The van der Waals surface area contributed by atoms with E-state index in [0.29, 0.717) is 17.7 Å². The van der Waals surface area contributed by atoms with Gasteiger partial charge in [0.25, 0.3) is 16.8 Å². The Morgan fingerprint density at radius 1 is 0.838 bits per heavy atom. The van der Waals surface area contributed by atoms with Crippen molar-refractivity contribution in [3.63, 3.8) is 0 Å². The molecule has 0 bridgehead atoms. The van der Waals surface area contributed by atoms with Gasteiger partial charge in [-0.05, 0) is 23.3 Å². The lowest BCUT2D eigenvalue weighted by Gasteiger charge is -2.20. The number of hydrogen-bond acceptors (Lipinski definition) is 7. The minimum atomic E-state index is -1.20. The molecule has 0 unspecified atom stereocenters. The lowest BCUT2D eigenvalue weighted by atomic mass is 10.0. The van der Waals surface area contributed by atoms with Crippen LogP contribution in [0.4, 0.5) is 17.1 Å². The molecular weight excluding hydrogens is 519 g/mol. The first-order chi connectivity index (χ1) is 17.7. The molecule has 0 spiro atoms. The average Bonchev–Trinajstić information content (AvgIpc) is 2.90. The van der Waals surface area contributed by atoms with Gasteiger partial charge in [0, 0.05) is 30.9 Å². The second kappa shape index (κ2) is 11.2. The van der Waals surface area contributed by atoms with Crippen LogP contribution in [0, 0.1) is 0 Å². The first-order valence-electron chi connectivity index (χ1n) is 11.0. The third kappa shape index (κ3) is 5.96. The molecule has 3 aromatic carbocycles. The average molecular weight is 539 g/mol. The molecular formula is C26H20Cl2N4O5. The highest BCUT2D eigenvalue weighted by molar-refractivity contribution is 6.39. The van der Waals surface area contributed by atoms with Crippen LogP contribution in [0.5, 0.6) is 0 Å². The van der Waals surface area contributed by atoms with Crippen LogP contribution in [0.15, 0.2) is 76.6 Å². The number of aromatic nitrogens is 1. The predicted molar refractivity (Wildman–Crippen MR) is 143 cm³/mol. The van der Waals surface area contributed by atoms with Crippen LogP contribution in [0.3, 0.4) is 0 Å². The monoisotopic (exact) mass is 538 g/mol. The number of carboxylic acid groups (broad SMARTS) is 1. The molecule has 188 valence electrons. The number of nitrogens with one attached hydrogen (secondary N) is 3. The van der Waals surface area contributed by atoms with E-state index in [-0.39, 0.29) is 33.5 Å². The highest BCUT2D eigenvalue weighted by Crippen LogP contribution is 2.29. The number of anilines is 3. The number of benzene rings is 2. The molecule has 4 rings (SSSR count). The van der Waals surface area contributed by atoms with Crippen molar-refractivity contribution in [3.05, 3.63) is 114 Å².